The first-order chi connectivity index (χ1) is 8.31. The molecule has 0 aromatic heterocycles. The molecule has 3 unspecified atom stereocenters. The molecule has 0 radical (unpaired) electrons. The zero-order valence-corrected chi connectivity index (χ0v) is 10.6. The van der Waals surface area contributed by atoms with Crippen LogP contribution >= 0.6 is 11.6 Å². The minimum Gasteiger partial charge on any atom is -0.488 e. The van der Waals surface area contributed by atoms with Crippen LogP contribution in [-0.4, -0.2) is 37.9 Å². The van der Waals surface area contributed by atoms with Crippen LogP contribution in [0.5, 0.6) is 5.75 Å². The van der Waals surface area contributed by atoms with E-state index >= 15 is 0 Å². The van der Waals surface area contributed by atoms with Crippen molar-refractivity contribution in [3.05, 3.63) is 30.3 Å². The van der Waals surface area contributed by atoms with Crippen molar-refractivity contribution in [3.8, 4) is 5.75 Å². The number of ether oxygens (including phenoxy) is 3. The van der Waals surface area contributed by atoms with Gasteiger partial charge in [-0.05, 0) is 12.1 Å². The Kier molecular flexibility index (Phi) is 4.66. The second-order valence-corrected chi connectivity index (χ2v) is 4.61. The first kappa shape index (κ1) is 12.7. The van der Waals surface area contributed by atoms with Gasteiger partial charge >= 0.3 is 0 Å². The average molecular weight is 257 g/mol. The highest BCUT2D eigenvalue weighted by Crippen LogP contribution is 2.32. The molecule has 0 amide bonds. The Morgan fingerprint density at radius 1 is 1.24 bits per heavy atom. The van der Waals surface area contributed by atoms with Crippen molar-refractivity contribution in [2.24, 2.45) is 0 Å². The predicted octanol–water partition coefficient (Wildman–Crippen LogP) is 2.48. The highest BCUT2D eigenvalue weighted by Gasteiger charge is 2.42. The third kappa shape index (κ3) is 3.35. The summed E-state index contributed by atoms with van der Waals surface area (Å²) in [7, 11) is 1.65. The van der Waals surface area contributed by atoms with E-state index in [9.17, 15) is 0 Å². The Bertz CT molecular complexity index is 331. The molecule has 4 heteroatoms. The molecule has 0 spiro atoms. The Morgan fingerprint density at radius 2 is 2.00 bits per heavy atom. The molecule has 0 saturated heterocycles. The molecular weight excluding hydrogens is 240 g/mol. The molecule has 17 heavy (non-hydrogen) atoms. The number of hydrogen-bond donors (Lipinski definition) is 0. The van der Waals surface area contributed by atoms with Crippen LogP contribution in [-0.2, 0) is 9.47 Å². The number of methoxy groups -OCH3 is 1. The average Bonchev–Trinajstić information content (AvgIpc) is 2.35. The minimum atomic E-state index is -0.0352. The summed E-state index contributed by atoms with van der Waals surface area (Å²) in [4.78, 5) is 0. The highest BCUT2D eigenvalue weighted by molar-refractivity contribution is 6.21. The number of hydrogen-bond acceptors (Lipinski definition) is 3. The van der Waals surface area contributed by atoms with E-state index in [1.807, 2.05) is 30.3 Å². The maximum absolute atomic E-state index is 6.11. The molecule has 94 valence electrons. The van der Waals surface area contributed by atoms with Gasteiger partial charge in [0.2, 0.25) is 0 Å². The summed E-state index contributed by atoms with van der Waals surface area (Å²) < 4.78 is 16.4. The molecule has 0 N–H and O–H groups in total. The highest BCUT2D eigenvalue weighted by atomic mass is 35.5. The van der Waals surface area contributed by atoms with Crippen molar-refractivity contribution in [2.75, 3.05) is 20.3 Å². The number of halogens is 1. The molecule has 1 aliphatic rings. The minimum absolute atomic E-state index is 0.0352. The van der Waals surface area contributed by atoms with Crippen molar-refractivity contribution in [1.29, 1.82) is 0 Å². The summed E-state index contributed by atoms with van der Waals surface area (Å²) in [6, 6.07) is 9.74. The molecule has 2 rings (SSSR count). The lowest BCUT2D eigenvalue weighted by atomic mass is 9.91. The molecular formula is C13H17ClO3. The molecule has 1 saturated carbocycles. The lowest BCUT2D eigenvalue weighted by molar-refractivity contribution is -0.0898. The number of benzene rings is 1. The van der Waals surface area contributed by atoms with Gasteiger partial charge in [0, 0.05) is 13.5 Å². The molecule has 3 atom stereocenters. The van der Waals surface area contributed by atoms with E-state index in [2.05, 4.69) is 0 Å². The Balaban J connectivity index is 1.81. The van der Waals surface area contributed by atoms with Gasteiger partial charge in [-0.1, -0.05) is 18.2 Å². The van der Waals surface area contributed by atoms with E-state index in [0.717, 1.165) is 12.2 Å². The summed E-state index contributed by atoms with van der Waals surface area (Å²) in [5.74, 6) is 0.862. The van der Waals surface area contributed by atoms with Crippen LogP contribution in [0.15, 0.2) is 30.3 Å². The summed E-state index contributed by atoms with van der Waals surface area (Å²) in [5, 5.41) is 0.0422. The fraction of sp³-hybridized carbons (Fsp3) is 0.538. The smallest absolute Gasteiger partial charge is 0.128 e. The van der Waals surface area contributed by atoms with Gasteiger partial charge in [0.1, 0.15) is 18.0 Å². The molecule has 1 fully saturated rings. The van der Waals surface area contributed by atoms with Crippen LogP contribution in [0, 0.1) is 0 Å². The van der Waals surface area contributed by atoms with Crippen LogP contribution in [0.2, 0.25) is 0 Å². The molecule has 1 aliphatic carbocycles. The first-order valence-electron chi connectivity index (χ1n) is 5.77. The maximum atomic E-state index is 6.11. The molecule has 1 aromatic carbocycles. The maximum Gasteiger partial charge on any atom is 0.128 e. The molecule has 0 bridgehead atoms. The molecule has 1 aromatic rings. The van der Waals surface area contributed by atoms with E-state index in [1.165, 1.54) is 0 Å². The number of para-hydroxylation sites is 1. The van der Waals surface area contributed by atoms with Crippen molar-refractivity contribution in [3.63, 3.8) is 0 Å². The van der Waals surface area contributed by atoms with Crippen LogP contribution in [0.3, 0.4) is 0 Å². The zero-order valence-electron chi connectivity index (χ0n) is 9.84. The first-order valence-corrected chi connectivity index (χ1v) is 6.21. The van der Waals surface area contributed by atoms with Gasteiger partial charge in [0.15, 0.2) is 0 Å². The third-order valence-corrected chi connectivity index (χ3v) is 3.24. The van der Waals surface area contributed by atoms with Crippen LogP contribution in [0.1, 0.15) is 6.42 Å². The summed E-state index contributed by atoms with van der Waals surface area (Å²) in [5.41, 5.74) is 0. The standard InChI is InChI=1S/C13H17ClO3/c1-15-7-8-16-13-11(14)9-12(13)17-10-5-3-2-4-6-10/h2-6,11-13H,7-9H2,1H3. The predicted molar refractivity (Wildman–Crippen MR) is 66.7 cm³/mol. The third-order valence-electron chi connectivity index (χ3n) is 2.81. The van der Waals surface area contributed by atoms with E-state index in [1.54, 1.807) is 7.11 Å². The summed E-state index contributed by atoms with van der Waals surface area (Å²) in [6.07, 6.45) is 0.845. The van der Waals surface area contributed by atoms with E-state index in [0.29, 0.717) is 13.2 Å². The lowest BCUT2D eigenvalue weighted by Gasteiger charge is -2.40. The Morgan fingerprint density at radius 3 is 2.65 bits per heavy atom. The van der Waals surface area contributed by atoms with Gasteiger partial charge in [-0.25, -0.2) is 0 Å². The summed E-state index contributed by atoms with van der Waals surface area (Å²) >= 11 is 6.11. The van der Waals surface area contributed by atoms with Gasteiger partial charge in [-0.2, -0.15) is 0 Å². The van der Waals surface area contributed by atoms with Gasteiger partial charge in [0.05, 0.1) is 18.6 Å². The number of alkyl halides is 1. The number of rotatable bonds is 6. The van der Waals surface area contributed by atoms with Crippen molar-refractivity contribution in [2.45, 2.75) is 24.0 Å². The van der Waals surface area contributed by atoms with Gasteiger partial charge in [0.25, 0.3) is 0 Å². The second kappa shape index (κ2) is 6.24. The largest absolute Gasteiger partial charge is 0.488 e. The van der Waals surface area contributed by atoms with Crippen LogP contribution < -0.4 is 4.74 Å². The zero-order chi connectivity index (χ0) is 12.1. The second-order valence-electron chi connectivity index (χ2n) is 4.05. The monoisotopic (exact) mass is 256 g/mol. The van der Waals surface area contributed by atoms with Crippen molar-refractivity contribution < 1.29 is 14.2 Å². The SMILES string of the molecule is COCCOC1C(Cl)CC1Oc1ccccc1. The van der Waals surface area contributed by atoms with Gasteiger partial charge in [-0.15, -0.1) is 11.6 Å². The fourth-order valence-electron chi connectivity index (χ4n) is 1.80. The normalized spacial score (nSPS) is 27.5. The fourth-order valence-corrected chi connectivity index (χ4v) is 2.21. The van der Waals surface area contributed by atoms with Crippen LogP contribution in [0.25, 0.3) is 0 Å². The molecule has 3 nitrogen and oxygen atoms in total. The Labute approximate surface area is 107 Å². The van der Waals surface area contributed by atoms with Crippen molar-refractivity contribution >= 4 is 11.6 Å². The lowest BCUT2D eigenvalue weighted by Crippen LogP contribution is -2.53. The summed E-state index contributed by atoms with van der Waals surface area (Å²) in [6.45, 7) is 1.14. The van der Waals surface area contributed by atoms with E-state index in [-0.39, 0.29) is 17.6 Å². The topological polar surface area (TPSA) is 27.7 Å². The quantitative estimate of drug-likeness (QED) is 0.578. The van der Waals surface area contributed by atoms with Crippen molar-refractivity contribution in [1.82, 2.24) is 0 Å². The van der Waals surface area contributed by atoms with Gasteiger partial charge in [-0.3, -0.25) is 0 Å². The van der Waals surface area contributed by atoms with Crippen LogP contribution in [0.4, 0.5) is 0 Å². The molecule has 0 heterocycles. The molecule has 0 aliphatic heterocycles. The Hall–Kier alpha value is -0.770. The van der Waals surface area contributed by atoms with E-state index in [4.69, 9.17) is 25.8 Å². The van der Waals surface area contributed by atoms with Gasteiger partial charge < -0.3 is 14.2 Å². The van der Waals surface area contributed by atoms with E-state index < -0.39 is 0 Å².